The van der Waals surface area contributed by atoms with Crippen LogP contribution < -0.4 is 20.7 Å². The lowest BCUT2D eigenvalue weighted by atomic mass is 9.97. The molecule has 1 unspecified atom stereocenters. The number of nitrogens with one attached hydrogen (secondary N) is 1. The third-order valence-corrected chi connectivity index (χ3v) is 7.44. The molecule has 1 saturated carbocycles. The summed E-state index contributed by atoms with van der Waals surface area (Å²) in [6.07, 6.45) is 11.3. The number of aromatic nitrogens is 3. The molecule has 1 aliphatic heterocycles. The summed E-state index contributed by atoms with van der Waals surface area (Å²) in [6, 6.07) is 5.28. The molecule has 2 aromatic rings. The quantitative estimate of drug-likeness (QED) is 0.455. The van der Waals surface area contributed by atoms with Gasteiger partial charge in [-0.15, -0.1) is 0 Å². The molecule has 2 heterocycles. The summed E-state index contributed by atoms with van der Waals surface area (Å²) in [6.45, 7) is 5.66. The Morgan fingerprint density at radius 1 is 1.11 bits per heavy atom. The number of likely N-dealkylation sites (N-methyl/N-ethyl adjacent to an activating group) is 1. The average Bonchev–Trinajstić information content (AvgIpc) is 3.15. The normalized spacial score (nSPS) is 19.5. The van der Waals surface area contributed by atoms with Gasteiger partial charge in [0.25, 0.3) is 0 Å². The Morgan fingerprint density at radius 3 is 2.63 bits per heavy atom. The van der Waals surface area contributed by atoms with Crippen molar-refractivity contribution in [2.45, 2.75) is 70.8 Å². The fourth-order valence-electron chi connectivity index (χ4n) is 5.48. The molecule has 1 atom stereocenters. The van der Waals surface area contributed by atoms with Gasteiger partial charge in [0.15, 0.2) is 11.6 Å². The van der Waals surface area contributed by atoms with Crippen molar-refractivity contribution in [2.75, 3.05) is 49.2 Å². The monoisotopic (exact) mass is 485 g/mol. The third-order valence-electron chi connectivity index (χ3n) is 7.44. The molecular formula is C26H40FN7O. The average molecular weight is 486 g/mol. The van der Waals surface area contributed by atoms with Crippen LogP contribution in [0.5, 0.6) is 5.75 Å². The van der Waals surface area contributed by atoms with E-state index in [0.717, 1.165) is 44.8 Å². The maximum atomic E-state index is 14.7. The van der Waals surface area contributed by atoms with Gasteiger partial charge in [-0.3, -0.25) is 4.90 Å². The molecule has 0 radical (unpaired) electrons. The van der Waals surface area contributed by atoms with Gasteiger partial charge in [-0.25, -0.2) is 4.39 Å². The number of likely N-dealkylation sites (tertiary alicyclic amines) is 1. The number of anilines is 4. The van der Waals surface area contributed by atoms with E-state index >= 15 is 0 Å². The van der Waals surface area contributed by atoms with Crippen molar-refractivity contribution in [3.8, 4) is 5.75 Å². The number of rotatable bonds is 10. The second-order valence-electron chi connectivity index (χ2n) is 9.74. The molecule has 1 aromatic heterocycles. The number of hydrogen-bond donors (Lipinski definition) is 2. The third kappa shape index (κ3) is 6.72. The van der Waals surface area contributed by atoms with Crippen LogP contribution in [0.2, 0.25) is 0 Å². The first kappa shape index (κ1) is 25.4. The molecule has 3 N–H and O–H groups in total. The molecular weight excluding hydrogens is 445 g/mol. The van der Waals surface area contributed by atoms with Gasteiger partial charge in [-0.1, -0.05) is 45.4 Å². The molecule has 192 valence electrons. The van der Waals surface area contributed by atoms with E-state index in [0.29, 0.717) is 30.2 Å². The maximum Gasteiger partial charge on any atom is 0.236 e. The SMILES string of the molecule is CCN1CCCC1CN(c1ccc(OC)c(F)c1)c1nc(N)nc(NCCC2CCCCCC2)n1. The Balaban J connectivity index is 1.54. The van der Waals surface area contributed by atoms with Crippen LogP contribution in [0.3, 0.4) is 0 Å². The predicted octanol–water partition coefficient (Wildman–Crippen LogP) is 5.00. The molecule has 0 bridgehead atoms. The second-order valence-corrected chi connectivity index (χ2v) is 9.74. The number of benzene rings is 1. The number of halogens is 1. The largest absolute Gasteiger partial charge is 0.494 e. The summed E-state index contributed by atoms with van der Waals surface area (Å²) >= 11 is 0. The first-order valence-electron chi connectivity index (χ1n) is 13.2. The lowest BCUT2D eigenvalue weighted by Crippen LogP contribution is -2.39. The highest BCUT2D eigenvalue weighted by molar-refractivity contribution is 5.60. The zero-order valence-corrected chi connectivity index (χ0v) is 21.2. The van der Waals surface area contributed by atoms with Crippen molar-refractivity contribution in [1.82, 2.24) is 19.9 Å². The van der Waals surface area contributed by atoms with E-state index in [9.17, 15) is 4.39 Å². The van der Waals surface area contributed by atoms with Crippen LogP contribution in [-0.4, -0.2) is 59.2 Å². The number of nitrogen functional groups attached to an aromatic ring is 1. The van der Waals surface area contributed by atoms with Gasteiger partial charge in [0.2, 0.25) is 17.8 Å². The highest BCUT2D eigenvalue weighted by Gasteiger charge is 2.28. The minimum atomic E-state index is -0.419. The van der Waals surface area contributed by atoms with Crippen LogP contribution in [0.1, 0.15) is 64.7 Å². The second kappa shape index (κ2) is 12.3. The number of nitrogens with zero attached hydrogens (tertiary/aromatic N) is 5. The molecule has 9 heteroatoms. The smallest absolute Gasteiger partial charge is 0.236 e. The molecule has 0 amide bonds. The van der Waals surface area contributed by atoms with E-state index < -0.39 is 5.82 Å². The van der Waals surface area contributed by atoms with Crippen molar-refractivity contribution in [2.24, 2.45) is 5.92 Å². The van der Waals surface area contributed by atoms with Gasteiger partial charge in [-0.05, 0) is 50.4 Å². The Morgan fingerprint density at radius 2 is 1.91 bits per heavy atom. The first-order valence-corrected chi connectivity index (χ1v) is 13.2. The van der Waals surface area contributed by atoms with Crippen molar-refractivity contribution in [3.05, 3.63) is 24.0 Å². The van der Waals surface area contributed by atoms with E-state index in [4.69, 9.17) is 15.5 Å². The summed E-state index contributed by atoms with van der Waals surface area (Å²) in [4.78, 5) is 17.9. The fraction of sp³-hybridized carbons (Fsp3) is 0.654. The van der Waals surface area contributed by atoms with Crippen LogP contribution in [0.15, 0.2) is 18.2 Å². The van der Waals surface area contributed by atoms with Crippen molar-refractivity contribution >= 4 is 23.5 Å². The Hall–Kier alpha value is -2.68. The van der Waals surface area contributed by atoms with Crippen LogP contribution in [-0.2, 0) is 0 Å². The van der Waals surface area contributed by atoms with E-state index in [1.165, 1.54) is 51.7 Å². The van der Waals surface area contributed by atoms with E-state index in [1.54, 1.807) is 6.07 Å². The summed E-state index contributed by atoms with van der Waals surface area (Å²) in [7, 11) is 1.47. The van der Waals surface area contributed by atoms with Crippen molar-refractivity contribution < 1.29 is 9.13 Å². The van der Waals surface area contributed by atoms with Gasteiger partial charge < -0.3 is 20.7 Å². The summed E-state index contributed by atoms with van der Waals surface area (Å²) in [5.74, 6) is 1.61. The van der Waals surface area contributed by atoms with Crippen LogP contribution >= 0.6 is 0 Å². The molecule has 35 heavy (non-hydrogen) atoms. The Labute approximate surface area is 208 Å². The van der Waals surface area contributed by atoms with Crippen molar-refractivity contribution in [3.63, 3.8) is 0 Å². The van der Waals surface area contributed by atoms with Gasteiger partial charge in [0.05, 0.1) is 7.11 Å². The molecule has 8 nitrogen and oxygen atoms in total. The number of ether oxygens (including phenoxy) is 1. The predicted molar refractivity (Wildman–Crippen MR) is 139 cm³/mol. The number of hydrogen-bond acceptors (Lipinski definition) is 8. The van der Waals surface area contributed by atoms with E-state index in [1.807, 2.05) is 11.0 Å². The van der Waals surface area contributed by atoms with Crippen LogP contribution in [0, 0.1) is 11.7 Å². The van der Waals surface area contributed by atoms with Gasteiger partial charge in [-0.2, -0.15) is 15.0 Å². The standard InChI is InChI=1S/C26H40FN7O/c1-3-33-16-8-11-21(33)18-34(20-12-13-23(35-2)22(27)17-20)26-31-24(28)30-25(32-26)29-15-14-19-9-6-4-5-7-10-19/h12-13,17,19,21H,3-11,14-16,18H2,1-2H3,(H3,28,29,30,31,32). The molecule has 4 rings (SSSR count). The number of nitrogens with two attached hydrogens (primary N) is 1. The zero-order chi connectivity index (χ0) is 24.6. The highest BCUT2D eigenvalue weighted by Crippen LogP contribution is 2.31. The molecule has 0 spiro atoms. The topological polar surface area (TPSA) is 92.4 Å². The molecule has 1 saturated heterocycles. The lowest BCUT2D eigenvalue weighted by Gasteiger charge is -2.30. The minimum absolute atomic E-state index is 0.157. The molecule has 2 fully saturated rings. The minimum Gasteiger partial charge on any atom is -0.494 e. The summed E-state index contributed by atoms with van der Waals surface area (Å²) in [5.41, 5.74) is 6.78. The molecule has 1 aromatic carbocycles. The summed E-state index contributed by atoms with van der Waals surface area (Å²) in [5, 5.41) is 3.37. The number of methoxy groups -OCH3 is 1. The maximum absolute atomic E-state index is 14.7. The Bertz CT molecular complexity index is 951. The van der Waals surface area contributed by atoms with Gasteiger partial charge in [0, 0.05) is 30.9 Å². The van der Waals surface area contributed by atoms with Gasteiger partial charge in [0.1, 0.15) is 0 Å². The van der Waals surface area contributed by atoms with Crippen LogP contribution in [0.25, 0.3) is 0 Å². The van der Waals surface area contributed by atoms with E-state index in [-0.39, 0.29) is 11.7 Å². The molecule has 2 aliphatic rings. The molecule has 1 aliphatic carbocycles. The zero-order valence-electron chi connectivity index (χ0n) is 21.2. The summed E-state index contributed by atoms with van der Waals surface area (Å²) < 4.78 is 19.8. The fourth-order valence-corrected chi connectivity index (χ4v) is 5.48. The van der Waals surface area contributed by atoms with Gasteiger partial charge >= 0.3 is 0 Å². The van der Waals surface area contributed by atoms with Crippen LogP contribution in [0.4, 0.5) is 27.9 Å². The van der Waals surface area contributed by atoms with Crippen molar-refractivity contribution in [1.29, 1.82) is 0 Å². The lowest BCUT2D eigenvalue weighted by molar-refractivity contribution is 0.271. The first-order chi connectivity index (χ1) is 17.1. The highest BCUT2D eigenvalue weighted by atomic mass is 19.1. The Kier molecular flexibility index (Phi) is 8.95. The van der Waals surface area contributed by atoms with E-state index in [2.05, 4.69) is 27.1 Å².